The molecule has 24 heavy (non-hydrogen) atoms. The van der Waals surface area contributed by atoms with Gasteiger partial charge in [0.1, 0.15) is 0 Å². The smallest absolute Gasteiger partial charge is 0.0929 e. The van der Waals surface area contributed by atoms with Crippen molar-refractivity contribution in [1.29, 1.82) is 0 Å². The monoisotopic (exact) mass is 335 g/mol. The van der Waals surface area contributed by atoms with Gasteiger partial charge in [-0.3, -0.25) is 0 Å². The number of hydrogen-bond donors (Lipinski definition) is 1. The molecule has 4 rings (SSSR count). The fraction of sp³-hybridized carbons (Fsp3) is 0.200. The Hall–Kier alpha value is -2.23. The second-order valence-corrected chi connectivity index (χ2v) is 6.53. The van der Waals surface area contributed by atoms with Crippen molar-refractivity contribution in [1.82, 2.24) is 15.5 Å². The summed E-state index contributed by atoms with van der Waals surface area (Å²) in [5.41, 5.74) is 6.05. The first-order chi connectivity index (χ1) is 11.8. The molecule has 1 N–H and O–H groups in total. The number of hydrogen-bond acceptors (Lipinski definition) is 3. The number of aromatic nitrogens is 2. The van der Waals surface area contributed by atoms with Crippen molar-refractivity contribution in [3.63, 3.8) is 0 Å². The zero-order chi connectivity index (χ0) is 16.4. The standard InChI is InChI=1S/C20H18ClN3/c21-17-6-3-14(4-7-17)19-9-11-22-13-16-12-15(5-8-18(16)19)20-2-1-10-23-24-20/h1-8,10,12,19,22H,9,11,13H2. The SMILES string of the molecule is Clc1ccc(C2CCNCc3cc(-c4cccnn4)ccc32)cc1. The van der Waals surface area contributed by atoms with Gasteiger partial charge in [0.05, 0.1) is 5.69 Å². The predicted molar refractivity (Wildman–Crippen MR) is 97.1 cm³/mol. The summed E-state index contributed by atoms with van der Waals surface area (Å²) in [5.74, 6) is 0.392. The summed E-state index contributed by atoms with van der Waals surface area (Å²) in [4.78, 5) is 0. The molecule has 4 heteroatoms. The molecule has 0 aliphatic carbocycles. The van der Waals surface area contributed by atoms with Gasteiger partial charge in [-0.25, -0.2) is 0 Å². The number of benzene rings is 2. The molecule has 1 atom stereocenters. The van der Waals surface area contributed by atoms with Crippen LogP contribution < -0.4 is 5.32 Å². The first kappa shape index (κ1) is 15.3. The Morgan fingerprint density at radius 1 is 1.04 bits per heavy atom. The second-order valence-electron chi connectivity index (χ2n) is 6.09. The van der Waals surface area contributed by atoms with E-state index in [2.05, 4.69) is 45.8 Å². The molecule has 0 bridgehead atoms. The van der Waals surface area contributed by atoms with Crippen molar-refractivity contribution in [2.24, 2.45) is 0 Å². The van der Waals surface area contributed by atoms with Crippen LogP contribution in [0.15, 0.2) is 60.8 Å². The Bertz CT molecular complexity index is 831. The maximum absolute atomic E-state index is 6.05. The largest absolute Gasteiger partial charge is 0.313 e. The van der Waals surface area contributed by atoms with Crippen molar-refractivity contribution in [2.45, 2.75) is 18.9 Å². The van der Waals surface area contributed by atoms with Crippen LogP contribution in [-0.4, -0.2) is 16.7 Å². The number of nitrogens with one attached hydrogen (secondary N) is 1. The highest BCUT2D eigenvalue weighted by Gasteiger charge is 2.20. The molecule has 1 aliphatic heterocycles. The Balaban J connectivity index is 1.75. The van der Waals surface area contributed by atoms with Crippen LogP contribution in [0.1, 0.15) is 29.0 Å². The first-order valence-electron chi connectivity index (χ1n) is 8.18. The lowest BCUT2D eigenvalue weighted by molar-refractivity contribution is 0.647. The fourth-order valence-corrected chi connectivity index (χ4v) is 3.51. The quantitative estimate of drug-likeness (QED) is 0.753. The molecule has 2 heterocycles. The Morgan fingerprint density at radius 3 is 2.71 bits per heavy atom. The zero-order valence-electron chi connectivity index (χ0n) is 13.2. The van der Waals surface area contributed by atoms with Crippen molar-refractivity contribution < 1.29 is 0 Å². The average Bonchev–Trinajstić information content (AvgIpc) is 2.85. The molecule has 0 amide bonds. The van der Waals surface area contributed by atoms with Gasteiger partial charge in [0.15, 0.2) is 0 Å². The number of nitrogens with zero attached hydrogens (tertiary/aromatic N) is 2. The minimum Gasteiger partial charge on any atom is -0.313 e. The summed E-state index contributed by atoms with van der Waals surface area (Å²) in [5, 5.41) is 12.5. The van der Waals surface area contributed by atoms with Gasteiger partial charge in [-0.1, -0.05) is 35.9 Å². The maximum atomic E-state index is 6.05. The van der Waals surface area contributed by atoms with Crippen LogP contribution >= 0.6 is 11.6 Å². The molecule has 3 nitrogen and oxygen atoms in total. The molecule has 0 fully saturated rings. The van der Waals surface area contributed by atoms with Crippen LogP contribution in [0.5, 0.6) is 0 Å². The van der Waals surface area contributed by atoms with E-state index in [4.69, 9.17) is 11.6 Å². The minimum absolute atomic E-state index is 0.392. The topological polar surface area (TPSA) is 37.8 Å². The van der Waals surface area contributed by atoms with Gasteiger partial charge in [-0.05, 0) is 60.0 Å². The maximum Gasteiger partial charge on any atom is 0.0929 e. The number of fused-ring (bicyclic) bond motifs is 1. The van der Waals surface area contributed by atoms with Crippen LogP contribution in [0.25, 0.3) is 11.3 Å². The third kappa shape index (κ3) is 3.05. The van der Waals surface area contributed by atoms with E-state index >= 15 is 0 Å². The summed E-state index contributed by atoms with van der Waals surface area (Å²) in [6.45, 7) is 1.88. The third-order valence-electron chi connectivity index (χ3n) is 4.58. The van der Waals surface area contributed by atoms with Gasteiger partial charge >= 0.3 is 0 Å². The molecule has 120 valence electrons. The zero-order valence-corrected chi connectivity index (χ0v) is 14.0. The van der Waals surface area contributed by atoms with Gasteiger partial charge in [0.2, 0.25) is 0 Å². The van der Waals surface area contributed by atoms with Gasteiger partial charge in [-0.15, -0.1) is 0 Å². The molecule has 0 spiro atoms. The van der Waals surface area contributed by atoms with E-state index in [1.165, 1.54) is 16.7 Å². The first-order valence-corrected chi connectivity index (χ1v) is 8.56. The highest BCUT2D eigenvalue weighted by molar-refractivity contribution is 6.30. The average molecular weight is 336 g/mol. The molecular weight excluding hydrogens is 318 g/mol. The van der Waals surface area contributed by atoms with Crippen molar-refractivity contribution in [3.05, 3.63) is 82.5 Å². The highest BCUT2D eigenvalue weighted by atomic mass is 35.5. The van der Waals surface area contributed by atoms with Gasteiger partial charge in [-0.2, -0.15) is 10.2 Å². The summed E-state index contributed by atoms with van der Waals surface area (Å²) in [6.07, 6.45) is 2.78. The molecular formula is C20H18ClN3. The van der Waals surface area contributed by atoms with Gasteiger partial charge in [0.25, 0.3) is 0 Å². The Kier molecular flexibility index (Phi) is 4.28. The molecule has 2 aromatic carbocycles. The van der Waals surface area contributed by atoms with E-state index in [-0.39, 0.29) is 0 Å². The summed E-state index contributed by atoms with van der Waals surface area (Å²) >= 11 is 6.05. The van der Waals surface area contributed by atoms with Crippen LogP contribution in [0.2, 0.25) is 5.02 Å². The lowest BCUT2D eigenvalue weighted by Gasteiger charge is -2.18. The molecule has 0 saturated heterocycles. The minimum atomic E-state index is 0.392. The molecule has 3 aromatic rings. The molecule has 1 aromatic heterocycles. The second kappa shape index (κ2) is 6.71. The van der Waals surface area contributed by atoms with Crippen LogP contribution in [0, 0.1) is 0 Å². The predicted octanol–water partition coefficient (Wildman–Crippen LogP) is 4.42. The van der Waals surface area contributed by atoms with E-state index in [9.17, 15) is 0 Å². The fourth-order valence-electron chi connectivity index (χ4n) is 3.38. The Labute approximate surface area is 146 Å². The van der Waals surface area contributed by atoms with E-state index in [1.807, 2.05) is 24.3 Å². The van der Waals surface area contributed by atoms with Crippen LogP contribution in [0.4, 0.5) is 0 Å². The van der Waals surface area contributed by atoms with E-state index in [0.717, 1.165) is 35.8 Å². The van der Waals surface area contributed by atoms with Gasteiger partial charge in [0, 0.05) is 29.2 Å². The van der Waals surface area contributed by atoms with Gasteiger partial charge < -0.3 is 5.32 Å². The molecule has 1 unspecified atom stereocenters. The highest BCUT2D eigenvalue weighted by Crippen LogP contribution is 2.34. The molecule has 0 saturated carbocycles. The molecule has 0 radical (unpaired) electrons. The summed E-state index contributed by atoms with van der Waals surface area (Å²) in [6, 6.07) is 18.8. The van der Waals surface area contributed by atoms with Crippen LogP contribution in [-0.2, 0) is 6.54 Å². The van der Waals surface area contributed by atoms with Crippen molar-refractivity contribution in [3.8, 4) is 11.3 Å². The summed E-state index contributed by atoms with van der Waals surface area (Å²) in [7, 11) is 0. The summed E-state index contributed by atoms with van der Waals surface area (Å²) < 4.78 is 0. The van der Waals surface area contributed by atoms with Crippen molar-refractivity contribution in [2.75, 3.05) is 6.54 Å². The lowest BCUT2D eigenvalue weighted by atomic mass is 9.86. The van der Waals surface area contributed by atoms with Crippen LogP contribution in [0.3, 0.4) is 0 Å². The van der Waals surface area contributed by atoms with E-state index < -0.39 is 0 Å². The normalized spacial score (nSPS) is 17.1. The Morgan fingerprint density at radius 2 is 1.92 bits per heavy atom. The third-order valence-corrected chi connectivity index (χ3v) is 4.84. The van der Waals surface area contributed by atoms with Crippen molar-refractivity contribution >= 4 is 11.6 Å². The molecule has 1 aliphatic rings. The number of halogens is 1. The lowest BCUT2D eigenvalue weighted by Crippen LogP contribution is -2.12. The van der Waals surface area contributed by atoms with E-state index in [0.29, 0.717) is 5.92 Å². The van der Waals surface area contributed by atoms with E-state index in [1.54, 1.807) is 6.20 Å². The number of rotatable bonds is 2.